The van der Waals surface area contributed by atoms with E-state index in [9.17, 15) is 9.59 Å². The third-order valence-corrected chi connectivity index (χ3v) is 3.33. The first-order valence-electron chi connectivity index (χ1n) is 5.89. The molecule has 0 radical (unpaired) electrons. The van der Waals surface area contributed by atoms with Gasteiger partial charge >= 0.3 is 5.97 Å². The zero-order valence-corrected chi connectivity index (χ0v) is 10.4. The quantitative estimate of drug-likeness (QED) is 0.688. The minimum Gasteiger partial charge on any atom is -0.456 e. The van der Waals surface area contributed by atoms with Crippen LogP contribution in [0.25, 0.3) is 0 Å². The van der Waals surface area contributed by atoms with Crippen molar-refractivity contribution in [3.8, 4) is 0 Å². The number of likely N-dealkylation sites (N-methyl/N-ethyl adjacent to an activating group) is 1. The summed E-state index contributed by atoms with van der Waals surface area (Å²) in [5.74, 6) is 0.266. The van der Waals surface area contributed by atoms with Crippen molar-refractivity contribution in [2.45, 2.75) is 45.6 Å². The number of hydrogen-bond acceptors (Lipinski definition) is 3. The van der Waals surface area contributed by atoms with Gasteiger partial charge in [-0.05, 0) is 31.6 Å². The second kappa shape index (κ2) is 5.87. The van der Waals surface area contributed by atoms with Gasteiger partial charge in [-0.15, -0.1) is 0 Å². The van der Waals surface area contributed by atoms with Crippen molar-refractivity contribution >= 4 is 11.9 Å². The van der Waals surface area contributed by atoms with Crippen LogP contribution in [0.15, 0.2) is 0 Å². The Kier molecular flexibility index (Phi) is 4.77. The average Bonchev–Trinajstić information content (AvgIpc) is 2.26. The normalized spacial score (nSPS) is 24.9. The van der Waals surface area contributed by atoms with E-state index < -0.39 is 5.97 Å². The highest BCUT2D eigenvalue weighted by molar-refractivity contribution is 5.80. The SMILES string of the molecule is CC(=O)OCC(=O)N(C)C1CCC(C)CC1. The Labute approximate surface area is 96.9 Å². The zero-order chi connectivity index (χ0) is 12.1. The van der Waals surface area contributed by atoms with E-state index in [1.54, 1.807) is 11.9 Å². The van der Waals surface area contributed by atoms with E-state index in [1.807, 2.05) is 0 Å². The van der Waals surface area contributed by atoms with Crippen molar-refractivity contribution in [1.29, 1.82) is 0 Å². The minimum atomic E-state index is -0.404. The lowest BCUT2D eigenvalue weighted by atomic mass is 9.87. The number of rotatable bonds is 3. The van der Waals surface area contributed by atoms with E-state index in [-0.39, 0.29) is 12.5 Å². The molecule has 1 saturated carbocycles. The van der Waals surface area contributed by atoms with Crippen LogP contribution in [0.4, 0.5) is 0 Å². The molecular weight excluding hydrogens is 206 g/mol. The summed E-state index contributed by atoms with van der Waals surface area (Å²) in [6.07, 6.45) is 4.47. The Morgan fingerprint density at radius 1 is 1.25 bits per heavy atom. The summed E-state index contributed by atoms with van der Waals surface area (Å²) in [5, 5.41) is 0. The maximum atomic E-state index is 11.7. The molecule has 0 bridgehead atoms. The predicted octanol–water partition coefficient (Wildman–Crippen LogP) is 1.59. The molecule has 92 valence electrons. The number of carbonyl (C=O) groups is 2. The number of ether oxygens (including phenoxy) is 1. The highest BCUT2D eigenvalue weighted by Crippen LogP contribution is 2.26. The molecule has 0 saturated heterocycles. The van der Waals surface area contributed by atoms with Crippen LogP contribution in [-0.4, -0.2) is 36.5 Å². The largest absolute Gasteiger partial charge is 0.456 e. The third kappa shape index (κ3) is 3.83. The number of nitrogens with zero attached hydrogens (tertiary/aromatic N) is 1. The van der Waals surface area contributed by atoms with Gasteiger partial charge in [0, 0.05) is 20.0 Å². The summed E-state index contributed by atoms with van der Waals surface area (Å²) < 4.78 is 4.71. The summed E-state index contributed by atoms with van der Waals surface area (Å²) in [7, 11) is 1.80. The summed E-state index contributed by atoms with van der Waals surface area (Å²) >= 11 is 0. The van der Waals surface area contributed by atoms with E-state index in [1.165, 1.54) is 19.8 Å². The molecule has 0 aromatic heterocycles. The Balaban J connectivity index is 2.35. The Bertz CT molecular complexity index is 257. The molecule has 0 heterocycles. The van der Waals surface area contributed by atoms with Crippen LogP contribution in [0.1, 0.15) is 39.5 Å². The number of esters is 1. The van der Waals surface area contributed by atoms with Crippen molar-refractivity contribution in [2.75, 3.05) is 13.7 Å². The first-order valence-corrected chi connectivity index (χ1v) is 5.89. The molecule has 4 heteroatoms. The minimum absolute atomic E-state index is 0.102. The molecular formula is C12H21NO3. The molecule has 1 amide bonds. The number of carbonyl (C=O) groups excluding carboxylic acids is 2. The fraction of sp³-hybridized carbons (Fsp3) is 0.833. The Morgan fingerprint density at radius 3 is 2.31 bits per heavy atom. The molecule has 0 aromatic carbocycles. The smallest absolute Gasteiger partial charge is 0.303 e. The van der Waals surface area contributed by atoms with E-state index >= 15 is 0 Å². The number of amides is 1. The molecule has 1 rings (SSSR count). The van der Waals surface area contributed by atoms with Crippen LogP contribution in [0.2, 0.25) is 0 Å². The van der Waals surface area contributed by atoms with Crippen LogP contribution in [0.3, 0.4) is 0 Å². The molecule has 0 unspecified atom stereocenters. The standard InChI is InChI=1S/C12H21NO3/c1-9-4-6-11(7-5-9)13(3)12(15)8-16-10(2)14/h9,11H,4-8H2,1-3H3. The zero-order valence-electron chi connectivity index (χ0n) is 10.4. The highest BCUT2D eigenvalue weighted by atomic mass is 16.5. The van der Waals surface area contributed by atoms with Crippen molar-refractivity contribution < 1.29 is 14.3 Å². The summed E-state index contributed by atoms with van der Waals surface area (Å²) in [4.78, 5) is 24.0. The van der Waals surface area contributed by atoms with Crippen molar-refractivity contribution in [3.63, 3.8) is 0 Å². The fourth-order valence-electron chi connectivity index (χ4n) is 2.10. The van der Waals surface area contributed by atoms with Crippen LogP contribution in [0.5, 0.6) is 0 Å². The fourth-order valence-corrected chi connectivity index (χ4v) is 2.10. The third-order valence-electron chi connectivity index (χ3n) is 3.33. The van der Waals surface area contributed by atoms with Crippen molar-refractivity contribution in [3.05, 3.63) is 0 Å². The average molecular weight is 227 g/mol. The van der Waals surface area contributed by atoms with Gasteiger partial charge in [-0.3, -0.25) is 9.59 Å². The lowest BCUT2D eigenvalue weighted by Gasteiger charge is -2.33. The molecule has 1 aliphatic carbocycles. The second-order valence-corrected chi connectivity index (χ2v) is 4.70. The molecule has 16 heavy (non-hydrogen) atoms. The van der Waals surface area contributed by atoms with Crippen LogP contribution in [0, 0.1) is 5.92 Å². The van der Waals surface area contributed by atoms with Gasteiger partial charge < -0.3 is 9.64 Å². The molecule has 0 N–H and O–H groups in total. The van der Waals surface area contributed by atoms with Gasteiger partial charge in [0.1, 0.15) is 0 Å². The van der Waals surface area contributed by atoms with Gasteiger partial charge in [-0.1, -0.05) is 6.92 Å². The highest BCUT2D eigenvalue weighted by Gasteiger charge is 2.24. The van der Waals surface area contributed by atoms with Crippen LogP contribution < -0.4 is 0 Å². The van der Waals surface area contributed by atoms with Crippen molar-refractivity contribution in [1.82, 2.24) is 4.90 Å². The second-order valence-electron chi connectivity index (χ2n) is 4.70. The Hall–Kier alpha value is -1.06. The first kappa shape index (κ1) is 13.0. The number of hydrogen-bond donors (Lipinski definition) is 0. The molecule has 0 spiro atoms. The van der Waals surface area contributed by atoms with Gasteiger partial charge in [0.05, 0.1) is 0 Å². The maximum Gasteiger partial charge on any atom is 0.303 e. The lowest BCUT2D eigenvalue weighted by Crippen LogP contribution is -2.41. The van der Waals surface area contributed by atoms with E-state index in [4.69, 9.17) is 4.74 Å². The van der Waals surface area contributed by atoms with E-state index in [0.29, 0.717) is 6.04 Å². The van der Waals surface area contributed by atoms with Crippen LogP contribution in [-0.2, 0) is 14.3 Å². The molecule has 0 aliphatic heterocycles. The molecule has 1 fully saturated rings. The lowest BCUT2D eigenvalue weighted by molar-refractivity contribution is -0.150. The summed E-state index contributed by atoms with van der Waals surface area (Å²) in [6, 6.07) is 0.319. The van der Waals surface area contributed by atoms with Crippen LogP contribution >= 0.6 is 0 Å². The predicted molar refractivity (Wildman–Crippen MR) is 60.8 cm³/mol. The summed E-state index contributed by atoms with van der Waals surface area (Å²) in [5.41, 5.74) is 0. The molecule has 0 aromatic rings. The van der Waals surface area contributed by atoms with Gasteiger partial charge in [0.2, 0.25) is 0 Å². The molecule has 4 nitrogen and oxygen atoms in total. The monoisotopic (exact) mass is 227 g/mol. The summed E-state index contributed by atoms with van der Waals surface area (Å²) in [6.45, 7) is 3.43. The van der Waals surface area contributed by atoms with E-state index in [2.05, 4.69) is 6.92 Å². The van der Waals surface area contributed by atoms with Gasteiger partial charge in [0.15, 0.2) is 6.61 Å². The Morgan fingerprint density at radius 2 is 1.81 bits per heavy atom. The first-order chi connectivity index (χ1) is 7.50. The molecule has 1 aliphatic rings. The van der Waals surface area contributed by atoms with Gasteiger partial charge in [0.25, 0.3) is 5.91 Å². The molecule has 0 atom stereocenters. The van der Waals surface area contributed by atoms with Gasteiger partial charge in [-0.25, -0.2) is 0 Å². The van der Waals surface area contributed by atoms with Gasteiger partial charge in [-0.2, -0.15) is 0 Å². The van der Waals surface area contributed by atoms with Crippen molar-refractivity contribution in [2.24, 2.45) is 5.92 Å². The van der Waals surface area contributed by atoms with E-state index in [0.717, 1.165) is 18.8 Å². The topological polar surface area (TPSA) is 46.6 Å². The maximum absolute atomic E-state index is 11.7.